The van der Waals surface area contributed by atoms with E-state index in [1.807, 2.05) is 0 Å². The quantitative estimate of drug-likeness (QED) is 0.609. The van der Waals surface area contributed by atoms with E-state index in [9.17, 15) is 4.79 Å². The zero-order valence-corrected chi connectivity index (χ0v) is 5.17. The molecule has 0 spiro atoms. The van der Waals surface area contributed by atoms with E-state index in [0.717, 1.165) is 13.0 Å². The molecule has 1 heterocycles. The van der Waals surface area contributed by atoms with Crippen molar-refractivity contribution < 1.29 is 14.6 Å². The van der Waals surface area contributed by atoms with Crippen molar-refractivity contribution in [2.75, 3.05) is 6.61 Å². The lowest BCUT2D eigenvalue weighted by atomic mass is 10.1. The van der Waals surface area contributed by atoms with Gasteiger partial charge in [-0.15, -0.1) is 0 Å². The molecule has 3 nitrogen and oxygen atoms in total. The largest absolute Gasteiger partial charge is 0.481 e. The van der Waals surface area contributed by atoms with Crippen molar-refractivity contribution in [1.29, 1.82) is 0 Å². The SMILES string of the molecule is O=C(O)CC[C@@H]1CCO1. The molecule has 1 saturated heterocycles. The summed E-state index contributed by atoms with van der Waals surface area (Å²) >= 11 is 0. The highest BCUT2D eigenvalue weighted by Gasteiger charge is 2.18. The lowest BCUT2D eigenvalue weighted by Crippen LogP contribution is -2.27. The summed E-state index contributed by atoms with van der Waals surface area (Å²) in [5.74, 6) is -0.731. The molecule has 3 heteroatoms. The maximum atomic E-state index is 9.99. The molecule has 1 rings (SSSR count). The second-order valence-electron chi connectivity index (χ2n) is 2.21. The smallest absolute Gasteiger partial charge is 0.303 e. The Morgan fingerprint density at radius 3 is 2.78 bits per heavy atom. The summed E-state index contributed by atoms with van der Waals surface area (Å²) in [5.41, 5.74) is 0. The van der Waals surface area contributed by atoms with E-state index in [1.54, 1.807) is 0 Å². The summed E-state index contributed by atoms with van der Waals surface area (Å²) in [7, 11) is 0. The second-order valence-corrected chi connectivity index (χ2v) is 2.21. The van der Waals surface area contributed by atoms with Gasteiger partial charge in [0.05, 0.1) is 6.10 Å². The summed E-state index contributed by atoms with van der Waals surface area (Å²) in [6.45, 7) is 0.810. The van der Waals surface area contributed by atoms with Crippen LogP contribution in [0.5, 0.6) is 0 Å². The summed E-state index contributed by atoms with van der Waals surface area (Å²) in [6, 6.07) is 0. The average molecular weight is 130 g/mol. The molecule has 52 valence electrons. The van der Waals surface area contributed by atoms with E-state index in [2.05, 4.69) is 0 Å². The predicted octanol–water partition coefficient (Wildman–Crippen LogP) is 0.640. The maximum Gasteiger partial charge on any atom is 0.303 e. The summed E-state index contributed by atoms with van der Waals surface area (Å²) < 4.78 is 5.02. The fourth-order valence-corrected chi connectivity index (χ4v) is 0.797. The highest BCUT2D eigenvalue weighted by atomic mass is 16.5. The minimum atomic E-state index is -0.731. The first-order chi connectivity index (χ1) is 4.29. The molecule has 1 N–H and O–H groups in total. The van der Waals surface area contributed by atoms with Crippen LogP contribution in [0, 0.1) is 0 Å². The van der Waals surface area contributed by atoms with E-state index in [0.29, 0.717) is 6.42 Å². The Morgan fingerprint density at radius 1 is 1.78 bits per heavy atom. The third kappa shape index (κ3) is 2.01. The van der Waals surface area contributed by atoms with Crippen LogP contribution in [-0.2, 0) is 9.53 Å². The van der Waals surface area contributed by atoms with E-state index in [-0.39, 0.29) is 12.5 Å². The zero-order valence-electron chi connectivity index (χ0n) is 5.17. The molecule has 0 unspecified atom stereocenters. The van der Waals surface area contributed by atoms with Crippen LogP contribution < -0.4 is 0 Å². The number of hydrogen-bond donors (Lipinski definition) is 1. The van der Waals surface area contributed by atoms with Gasteiger partial charge in [-0.25, -0.2) is 0 Å². The van der Waals surface area contributed by atoms with E-state index >= 15 is 0 Å². The minimum absolute atomic E-state index is 0.237. The minimum Gasteiger partial charge on any atom is -0.481 e. The summed E-state index contributed by atoms with van der Waals surface area (Å²) in [5, 5.41) is 8.23. The van der Waals surface area contributed by atoms with Gasteiger partial charge in [-0.05, 0) is 12.8 Å². The Hall–Kier alpha value is -0.570. The van der Waals surface area contributed by atoms with Crippen LogP contribution in [0.1, 0.15) is 19.3 Å². The Morgan fingerprint density at radius 2 is 2.44 bits per heavy atom. The van der Waals surface area contributed by atoms with Gasteiger partial charge >= 0.3 is 5.97 Å². The van der Waals surface area contributed by atoms with Crippen molar-refractivity contribution in [3.63, 3.8) is 0 Å². The normalized spacial score (nSPS) is 25.1. The van der Waals surface area contributed by atoms with Crippen LogP contribution in [0.2, 0.25) is 0 Å². The number of aliphatic carboxylic acids is 1. The molecule has 0 radical (unpaired) electrons. The molecular formula is C6H10O3. The number of carboxylic acids is 1. The van der Waals surface area contributed by atoms with Crippen molar-refractivity contribution in [1.82, 2.24) is 0 Å². The van der Waals surface area contributed by atoms with Gasteiger partial charge in [-0.2, -0.15) is 0 Å². The number of hydrogen-bond acceptors (Lipinski definition) is 2. The summed E-state index contributed by atoms with van der Waals surface area (Å²) in [6.07, 6.45) is 2.19. The number of ether oxygens (including phenoxy) is 1. The van der Waals surface area contributed by atoms with E-state index < -0.39 is 5.97 Å². The lowest BCUT2D eigenvalue weighted by molar-refractivity contribution is -0.139. The molecule has 0 aromatic carbocycles. The molecule has 1 fully saturated rings. The van der Waals surface area contributed by atoms with Gasteiger partial charge in [0.1, 0.15) is 0 Å². The molecule has 1 aliphatic rings. The van der Waals surface area contributed by atoms with Crippen LogP contribution in [0.15, 0.2) is 0 Å². The van der Waals surface area contributed by atoms with Crippen LogP contribution >= 0.6 is 0 Å². The van der Waals surface area contributed by atoms with Crippen molar-refractivity contribution in [2.45, 2.75) is 25.4 Å². The van der Waals surface area contributed by atoms with Gasteiger partial charge < -0.3 is 9.84 Å². The molecule has 0 aromatic rings. The average Bonchev–Trinajstić information content (AvgIpc) is 1.60. The van der Waals surface area contributed by atoms with Crippen LogP contribution in [0.25, 0.3) is 0 Å². The monoisotopic (exact) mass is 130 g/mol. The van der Waals surface area contributed by atoms with Crippen molar-refractivity contribution in [3.05, 3.63) is 0 Å². The Labute approximate surface area is 53.6 Å². The van der Waals surface area contributed by atoms with Gasteiger partial charge in [0.25, 0.3) is 0 Å². The highest BCUT2D eigenvalue weighted by Crippen LogP contribution is 2.15. The van der Waals surface area contributed by atoms with Crippen LogP contribution in [-0.4, -0.2) is 23.8 Å². The van der Waals surface area contributed by atoms with Gasteiger partial charge in [0.2, 0.25) is 0 Å². The van der Waals surface area contributed by atoms with Gasteiger partial charge in [0, 0.05) is 13.0 Å². The first-order valence-electron chi connectivity index (χ1n) is 3.12. The Balaban J connectivity index is 1.97. The number of rotatable bonds is 3. The predicted molar refractivity (Wildman–Crippen MR) is 31.2 cm³/mol. The van der Waals surface area contributed by atoms with Gasteiger partial charge in [0.15, 0.2) is 0 Å². The van der Waals surface area contributed by atoms with Crippen LogP contribution in [0.4, 0.5) is 0 Å². The maximum absolute atomic E-state index is 9.99. The topological polar surface area (TPSA) is 46.5 Å². The summed E-state index contributed by atoms with van der Waals surface area (Å²) in [4.78, 5) is 9.99. The van der Waals surface area contributed by atoms with Crippen molar-refractivity contribution in [2.24, 2.45) is 0 Å². The van der Waals surface area contributed by atoms with Crippen LogP contribution in [0.3, 0.4) is 0 Å². The molecule has 0 aliphatic carbocycles. The van der Waals surface area contributed by atoms with E-state index in [1.165, 1.54) is 0 Å². The third-order valence-electron chi connectivity index (χ3n) is 1.47. The molecule has 0 amide bonds. The fraction of sp³-hybridized carbons (Fsp3) is 0.833. The van der Waals surface area contributed by atoms with Crippen molar-refractivity contribution in [3.8, 4) is 0 Å². The molecular weight excluding hydrogens is 120 g/mol. The second kappa shape index (κ2) is 2.82. The van der Waals surface area contributed by atoms with Gasteiger partial charge in [-0.3, -0.25) is 4.79 Å². The number of carbonyl (C=O) groups is 1. The molecule has 1 aliphatic heterocycles. The zero-order chi connectivity index (χ0) is 6.69. The van der Waals surface area contributed by atoms with Gasteiger partial charge in [-0.1, -0.05) is 0 Å². The van der Waals surface area contributed by atoms with Crippen molar-refractivity contribution >= 4 is 5.97 Å². The fourth-order valence-electron chi connectivity index (χ4n) is 0.797. The highest BCUT2D eigenvalue weighted by molar-refractivity contribution is 5.66. The molecule has 0 bridgehead atoms. The number of carboxylic acid groups (broad SMARTS) is 1. The molecule has 9 heavy (non-hydrogen) atoms. The Kier molecular flexibility index (Phi) is 2.05. The third-order valence-corrected chi connectivity index (χ3v) is 1.47. The first-order valence-corrected chi connectivity index (χ1v) is 3.12. The molecule has 0 aromatic heterocycles. The lowest BCUT2D eigenvalue weighted by Gasteiger charge is -2.25. The Bertz CT molecular complexity index is 107. The molecule has 0 saturated carbocycles. The van der Waals surface area contributed by atoms with E-state index in [4.69, 9.17) is 9.84 Å². The first kappa shape index (κ1) is 6.55. The molecule has 1 atom stereocenters. The standard InChI is InChI=1S/C6H10O3/c7-6(8)2-1-5-3-4-9-5/h5H,1-4H2,(H,7,8)/t5-/m1/s1.